The van der Waals surface area contributed by atoms with Crippen LogP contribution in [0.15, 0.2) is 41.2 Å². The molecular weight excluding hydrogens is 364 g/mol. The summed E-state index contributed by atoms with van der Waals surface area (Å²) >= 11 is 11.9. The highest BCUT2D eigenvalue weighted by Crippen LogP contribution is 2.27. The molecular formula is C18H17Cl2FN3O+. The van der Waals surface area contributed by atoms with Gasteiger partial charge in [0, 0.05) is 5.56 Å². The third-order valence-electron chi connectivity index (χ3n) is 4.17. The number of rotatable bonds is 4. The van der Waals surface area contributed by atoms with Crippen molar-refractivity contribution in [1.29, 1.82) is 0 Å². The van der Waals surface area contributed by atoms with Crippen LogP contribution in [0.3, 0.4) is 0 Å². The van der Waals surface area contributed by atoms with Gasteiger partial charge in [-0.1, -0.05) is 35.3 Å². The molecule has 0 amide bonds. The Morgan fingerprint density at radius 1 is 1.12 bits per heavy atom. The normalized spacial score (nSPS) is 13.8. The third-order valence-corrected chi connectivity index (χ3v) is 4.79. The van der Waals surface area contributed by atoms with Gasteiger partial charge in [-0.2, -0.15) is 0 Å². The predicted octanol–water partition coefficient (Wildman–Crippen LogP) is 3.75. The second-order valence-electron chi connectivity index (χ2n) is 6.03. The van der Waals surface area contributed by atoms with Crippen molar-refractivity contribution in [2.24, 2.45) is 0 Å². The molecule has 3 rings (SSSR count). The van der Waals surface area contributed by atoms with Crippen molar-refractivity contribution in [3.05, 3.63) is 74.0 Å². The number of hydrogen-bond donors (Lipinski definition) is 2. The molecule has 0 bridgehead atoms. The molecule has 3 aromatic rings. The molecule has 1 heterocycles. The first kappa shape index (κ1) is 17.9. The molecule has 0 saturated heterocycles. The maximum absolute atomic E-state index is 13.7. The largest absolute Gasteiger partial charge is 0.332 e. The molecule has 2 atom stereocenters. The number of halogens is 3. The fraction of sp³-hybridized carbons (Fsp3) is 0.222. The summed E-state index contributed by atoms with van der Waals surface area (Å²) in [7, 11) is 0. The summed E-state index contributed by atoms with van der Waals surface area (Å²) in [4.78, 5) is 19.5. The van der Waals surface area contributed by atoms with E-state index >= 15 is 0 Å². The molecule has 0 unspecified atom stereocenters. The number of nitrogens with two attached hydrogens (primary N) is 1. The van der Waals surface area contributed by atoms with Crippen molar-refractivity contribution < 1.29 is 9.71 Å². The Labute approximate surface area is 154 Å². The number of aromatic amines is 1. The van der Waals surface area contributed by atoms with Gasteiger partial charge in [-0.05, 0) is 38.1 Å². The minimum Gasteiger partial charge on any atom is -0.332 e. The van der Waals surface area contributed by atoms with E-state index in [1.807, 2.05) is 25.2 Å². The lowest BCUT2D eigenvalue weighted by Gasteiger charge is -2.18. The van der Waals surface area contributed by atoms with E-state index in [0.717, 1.165) is 0 Å². The number of nitrogens with one attached hydrogen (secondary N) is 1. The maximum atomic E-state index is 13.7. The van der Waals surface area contributed by atoms with Gasteiger partial charge in [-0.15, -0.1) is 0 Å². The second-order valence-corrected chi connectivity index (χ2v) is 6.84. The topological polar surface area (TPSA) is 62.4 Å². The molecule has 0 spiro atoms. The molecule has 130 valence electrons. The Bertz CT molecular complexity index is 990. The zero-order valence-corrected chi connectivity index (χ0v) is 15.2. The second kappa shape index (κ2) is 7.12. The van der Waals surface area contributed by atoms with Gasteiger partial charge in [0.2, 0.25) is 0 Å². The average molecular weight is 381 g/mol. The van der Waals surface area contributed by atoms with E-state index in [9.17, 15) is 9.18 Å². The summed E-state index contributed by atoms with van der Waals surface area (Å²) < 4.78 is 13.7. The van der Waals surface area contributed by atoms with Crippen molar-refractivity contribution in [3.63, 3.8) is 0 Å². The van der Waals surface area contributed by atoms with Gasteiger partial charge in [0.15, 0.2) is 5.82 Å². The number of quaternary nitrogens is 1. The van der Waals surface area contributed by atoms with Crippen LogP contribution in [0.4, 0.5) is 4.39 Å². The van der Waals surface area contributed by atoms with Crippen LogP contribution in [-0.4, -0.2) is 9.97 Å². The number of para-hydroxylation sites is 1. The molecule has 0 aliphatic heterocycles. The summed E-state index contributed by atoms with van der Waals surface area (Å²) in [6.45, 7) is 3.83. The van der Waals surface area contributed by atoms with E-state index in [1.165, 1.54) is 12.1 Å². The smallest absolute Gasteiger partial charge is 0.258 e. The van der Waals surface area contributed by atoms with Gasteiger partial charge in [0.25, 0.3) is 5.56 Å². The lowest BCUT2D eigenvalue weighted by molar-refractivity contribution is -0.729. The summed E-state index contributed by atoms with van der Waals surface area (Å²) in [5.41, 5.74) is 1.10. The van der Waals surface area contributed by atoms with E-state index < -0.39 is 5.82 Å². The molecule has 0 saturated carbocycles. The monoisotopic (exact) mass is 380 g/mol. The summed E-state index contributed by atoms with van der Waals surface area (Å²) in [5, 5.41) is 2.91. The van der Waals surface area contributed by atoms with Crippen molar-refractivity contribution in [2.45, 2.75) is 25.9 Å². The number of fused-ring (bicyclic) bond motifs is 1. The van der Waals surface area contributed by atoms with Gasteiger partial charge < -0.3 is 10.3 Å². The van der Waals surface area contributed by atoms with Gasteiger partial charge in [0.1, 0.15) is 17.9 Å². The molecule has 1 aromatic heterocycles. The average Bonchev–Trinajstić information content (AvgIpc) is 2.58. The first-order valence-corrected chi connectivity index (χ1v) is 8.60. The van der Waals surface area contributed by atoms with Crippen LogP contribution in [0.25, 0.3) is 10.9 Å². The Balaban J connectivity index is 1.88. The zero-order valence-electron chi connectivity index (χ0n) is 13.7. The van der Waals surface area contributed by atoms with E-state index in [4.69, 9.17) is 23.2 Å². The fourth-order valence-corrected chi connectivity index (χ4v) is 3.39. The molecule has 3 N–H and O–H groups in total. The number of H-pyrrole nitrogens is 1. The number of aromatic nitrogens is 2. The van der Waals surface area contributed by atoms with Crippen LogP contribution < -0.4 is 10.9 Å². The third kappa shape index (κ3) is 3.68. The van der Waals surface area contributed by atoms with Crippen molar-refractivity contribution in [1.82, 2.24) is 9.97 Å². The molecule has 25 heavy (non-hydrogen) atoms. The highest BCUT2D eigenvalue weighted by atomic mass is 35.5. The van der Waals surface area contributed by atoms with Gasteiger partial charge in [-0.25, -0.2) is 9.37 Å². The first-order chi connectivity index (χ1) is 11.9. The van der Waals surface area contributed by atoms with Gasteiger partial charge in [0.05, 0.1) is 20.9 Å². The maximum Gasteiger partial charge on any atom is 0.258 e. The molecule has 0 aliphatic carbocycles. The standard InChI is InChI=1S/C18H16Cl2FN3O/c1-9(12-7-15(21)14(20)8-13(12)19)22-10(2)17-23-16-6-4-3-5-11(16)18(25)24-17/h3-10,22H,1-2H3,(H,23,24,25)/p+1/t9-,10-/m0/s1. The summed E-state index contributed by atoms with van der Waals surface area (Å²) in [6, 6.07) is 9.62. The lowest BCUT2D eigenvalue weighted by Crippen LogP contribution is -2.85. The van der Waals surface area contributed by atoms with E-state index in [1.54, 1.807) is 18.2 Å². The minimum absolute atomic E-state index is 0.00507. The highest BCUT2D eigenvalue weighted by molar-refractivity contribution is 6.35. The van der Waals surface area contributed by atoms with Gasteiger partial charge in [-0.3, -0.25) is 4.79 Å². The predicted molar refractivity (Wildman–Crippen MR) is 97.5 cm³/mol. The molecule has 4 nitrogen and oxygen atoms in total. The Hall–Kier alpha value is -1.95. The Kier molecular flexibility index (Phi) is 5.08. The Morgan fingerprint density at radius 3 is 2.60 bits per heavy atom. The van der Waals surface area contributed by atoms with Crippen molar-refractivity contribution >= 4 is 34.1 Å². The van der Waals surface area contributed by atoms with Crippen LogP contribution in [0.5, 0.6) is 0 Å². The Morgan fingerprint density at radius 2 is 1.84 bits per heavy atom. The van der Waals surface area contributed by atoms with Crippen molar-refractivity contribution in [2.75, 3.05) is 0 Å². The molecule has 7 heteroatoms. The minimum atomic E-state index is -0.508. The number of benzene rings is 2. The summed E-state index contributed by atoms with van der Waals surface area (Å²) in [5.74, 6) is 0.0484. The molecule has 0 radical (unpaired) electrons. The van der Waals surface area contributed by atoms with Crippen LogP contribution in [-0.2, 0) is 0 Å². The van der Waals surface area contributed by atoms with Gasteiger partial charge >= 0.3 is 0 Å². The number of hydrogen-bond acceptors (Lipinski definition) is 2. The van der Waals surface area contributed by atoms with Crippen molar-refractivity contribution in [3.8, 4) is 0 Å². The SMILES string of the molecule is C[C@H]([NH2+][C@@H](C)c1cc(F)c(Cl)cc1Cl)c1nc2ccccc2c(=O)[nH]1. The van der Waals surface area contributed by atoms with Crippen LogP contribution >= 0.6 is 23.2 Å². The summed E-state index contributed by atoms with van der Waals surface area (Å²) in [6.07, 6.45) is 0. The van der Waals surface area contributed by atoms with E-state index in [2.05, 4.69) is 9.97 Å². The highest BCUT2D eigenvalue weighted by Gasteiger charge is 2.21. The van der Waals surface area contributed by atoms with E-state index in [0.29, 0.717) is 27.3 Å². The van der Waals surface area contributed by atoms with E-state index in [-0.39, 0.29) is 22.7 Å². The lowest BCUT2D eigenvalue weighted by atomic mass is 10.1. The quantitative estimate of drug-likeness (QED) is 0.676. The molecule has 0 fully saturated rings. The first-order valence-electron chi connectivity index (χ1n) is 7.85. The fourth-order valence-electron chi connectivity index (χ4n) is 2.83. The zero-order chi connectivity index (χ0) is 18.1. The molecule has 2 aromatic carbocycles. The van der Waals surface area contributed by atoms with Crippen LogP contribution in [0, 0.1) is 5.82 Å². The van der Waals surface area contributed by atoms with Crippen LogP contribution in [0.2, 0.25) is 10.0 Å². The number of nitrogens with zero attached hydrogens (tertiary/aromatic N) is 1. The van der Waals surface area contributed by atoms with Crippen LogP contribution in [0.1, 0.15) is 37.3 Å². The molecule has 0 aliphatic rings.